The molecule has 4 rings (SSSR count). The Morgan fingerprint density at radius 1 is 1.16 bits per heavy atom. The number of aromatic nitrogens is 1. The van der Waals surface area contributed by atoms with E-state index in [-0.39, 0.29) is 54.9 Å². The van der Waals surface area contributed by atoms with Crippen molar-refractivity contribution in [1.29, 1.82) is 0 Å². The van der Waals surface area contributed by atoms with Crippen LogP contribution >= 0.6 is 24.8 Å². The Morgan fingerprint density at radius 3 is 2.56 bits per heavy atom. The van der Waals surface area contributed by atoms with Gasteiger partial charge in [-0.2, -0.15) is 0 Å². The minimum Gasteiger partial charge on any atom is -0.390 e. The van der Waals surface area contributed by atoms with Gasteiger partial charge >= 0.3 is 0 Å². The van der Waals surface area contributed by atoms with Crippen LogP contribution in [-0.2, 0) is 17.7 Å². The van der Waals surface area contributed by atoms with Crippen molar-refractivity contribution < 1.29 is 19.4 Å². The summed E-state index contributed by atoms with van der Waals surface area (Å²) in [5.41, 5.74) is 3.11. The van der Waals surface area contributed by atoms with Gasteiger partial charge in [0.1, 0.15) is 5.69 Å². The first kappa shape index (κ1) is 26.0. The van der Waals surface area contributed by atoms with Gasteiger partial charge in [0.05, 0.1) is 24.9 Å². The Balaban J connectivity index is 0.00000181. The molecule has 0 spiro atoms. The first-order chi connectivity index (χ1) is 14.6. The van der Waals surface area contributed by atoms with E-state index in [9.17, 15) is 14.7 Å². The number of aliphatic hydroxyl groups excluding tert-OH is 1. The molecule has 0 aliphatic carbocycles. The highest BCUT2D eigenvalue weighted by Crippen LogP contribution is 2.17. The molecule has 2 aromatic rings. The number of ether oxygens (including phenoxy) is 1. The first-order valence-electron chi connectivity index (χ1n) is 10.2. The van der Waals surface area contributed by atoms with Crippen LogP contribution < -0.4 is 10.6 Å². The van der Waals surface area contributed by atoms with E-state index in [1.54, 1.807) is 11.0 Å². The van der Waals surface area contributed by atoms with Crippen molar-refractivity contribution in [2.75, 3.05) is 32.8 Å². The zero-order valence-corrected chi connectivity index (χ0v) is 19.2. The lowest BCUT2D eigenvalue weighted by Gasteiger charge is -2.30. The smallest absolute Gasteiger partial charge is 0.269 e. The van der Waals surface area contributed by atoms with Crippen LogP contribution in [0.2, 0.25) is 0 Å². The van der Waals surface area contributed by atoms with Crippen LogP contribution in [0.25, 0.3) is 0 Å². The minimum atomic E-state index is -0.718. The number of amides is 2. The molecule has 1 aromatic heterocycles. The summed E-state index contributed by atoms with van der Waals surface area (Å²) in [5, 5.41) is 16.5. The molecule has 10 heteroatoms. The SMILES string of the molecule is Cl.Cl.O=C(NCC(O)[C@@H]1Cc2ccccc2CN1)c1ccc(C(=O)N2CCOCC2)cn1. The number of halogens is 2. The molecule has 3 N–H and O–H groups in total. The maximum absolute atomic E-state index is 12.4. The van der Waals surface area contributed by atoms with E-state index in [2.05, 4.69) is 27.8 Å². The maximum atomic E-state index is 12.4. The van der Waals surface area contributed by atoms with Crippen LogP contribution in [0.15, 0.2) is 42.6 Å². The standard InChI is InChI=1S/C22H26N4O4.2ClH/c27-20(19-11-15-3-1-2-4-16(15)12-24-19)14-25-21(28)18-6-5-17(13-23-18)22(29)26-7-9-30-10-8-26;;/h1-6,13,19-20,24,27H,7-12,14H2,(H,25,28);2*1H/t19-,20?;;/m0../s1. The highest BCUT2D eigenvalue weighted by Gasteiger charge is 2.25. The molecule has 2 aliphatic heterocycles. The van der Waals surface area contributed by atoms with E-state index in [0.717, 1.165) is 0 Å². The summed E-state index contributed by atoms with van der Waals surface area (Å²) < 4.78 is 5.26. The van der Waals surface area contributed by atoms with Crippen LogP contribution in [0.5, 0.6) is 0 Å². The largest absolute Gasteiger partial charge is 0.390 e. The zero-order chi connectivity index (χ0) is 20.9. The highest BCUT2D eigenvalue weighted by molar-refractivity contribution is 5.96. The number of pyridine rings is 1. The number of aliphatic hydroxyl groups is 1. The number of carbonyl (C=O) groups excluding carboxylic acids is 2. The van der Waals surface area contributed by atoms with Crippen LogP contribution in [0.3, 0.4) is 0 Å². The van der Waals surface area contributed by atoms with Crippen molar-refractivity contribution in [3.8, 4) is 0 Å². The monoisotopic (exact) mass is 482 g/mol. The van der Waals surface area contributed by atoms with Crippen molar-refractivity contribution in [2.45, 2.75) is 25.1 Å². The predicted molar refractivity (Wildman–Crippen MR) is 125 cm³/mol. The van der Waals surface area contributed by atoms with Gasteiger partial charge in [0.2, 0.25) is 0 Å². The van der Waals surface area contributed by atoms with Crippen molar-refractivity contribution in [1.82, 2.24) is 20.5 Å². The van der Waals surface area contributed by atoms with E-state index in [4.69, 9.17) is 4.74 Å². The fourth-order valence-corrected chi connectivity index (χ4v) is 3.79. The second-order valence-corrected chi connectivity index (χ2v) is 7.57. The third-order valence-electron chi connectivity index (χ3n) is 5.59. The van der Waals surface area contributed by atoms with Gasteiger partial charge in [0.15, 0.2) is 0 Å². The maximum Gasteiger partial charge on any atom is 0.269 e. The lowest BCUT2D eigenvalue weighted by atomic mass is 9.93. The summed E-state index contributed by atoms with van der Waals surface area (Å²) >= 11 is 0. The summed E-state index contributed by atoms with van der Waals surface area (Å²) in [5.74, 6) is -0.493. The predicted octanol–water partition coefficient (Wildman–Crippen LogP) is 1.20. The second kappa shape index (κ2) is 12.1. The number of morpholine rings is 1. The second-order valence-electron chi connectivity index (χ2n) is 7.57. The molecule has 2 amide bonds. The van der Waals surface area contributed by atoms with Crippen LogP contribution in [-0.4, -0.2) is 71.8 Å². The fraction of sp³-hybridized carbons (Fsp3) is 0.409. The summed E-state index contributed by atoms with van der Waals surface area (Å²) in [6.45, 7) is 2.99. The van der Waals surface area contributed by atoms with Gasteiger partial charge in [-0.25, -0.2) is 0 Å². The topological polar surface area (TPSA) is 104 Å². The van der Waals surface area contributed by atoms with Crippen LogP contribution in [0, 0.1) is 0 Å². The van der Waals surface area contributed by atoms with Crippen LogP contribution in [0.1, 0.15) is 32.0 Å². The van der Waals surface area contributed by atoms with Gasteiger partial charge < -0.3 is 25.4 Å². The summed E-state index contributed by atoms with van der Waals surface area (Å²) in [6.07, 6.45) is 1.41. The molecule has 32 heavy (non-hydrogen) atoms. The number of carbonyl (C=O) groups is 2. The molecular formula is C22H28Cl2N4O4. The van der Waals surface area contributed by atoms with E-state index in [1.165, 1.54) is 23.4 Å². The molecule has 2 aliphatic rings. The Bertz CT molecular complexity index is 907. The van der Waals surface area contributed by atoms with Crippen molar-refractivity contribution in [3.05, 3.63) is 65.0 Å². The zero-order valence-electron chi connectivity index (χ0n) is 17.5. The summed E-state index contributed by atoms with van der Waals surface area (Å²) in [6, 6.07) is 11.2. The number of rotatable bonds is 5. The quantitative estimate of drug-likeness (QED) is 0.591. The summed E-state index contributed by atoms with van der Waals surface area (Å²) in [7, 11) is 0. The molecule has 174 valence electrons. The third-order valence-corrected chi connectivity index (χ3v) is 5.59. The molecule has 1 aromatic carbocycles. The minimum absolute atomic E-state index is 0. The van der Waals surface area contributed by atoms with Gasteiger partial charge in [-0.05, 0) is 29.7 Å². The van der Waals surface area contributed by atoms with Gasteiger partial charge in [-0.3, -0.25) is 14.6 Å². The Morgan fingerprint density at radius 2 is 1.88 bits per heavy atom. The molecule has 1 saturated heterocycles. The normalized spacial score (nSPS) is 18.4. The summed E-state index contributed by atoms with van der Waals surface area (Å²) in [4.78, 5) is 30.7. The number of hydrogen-bond acceptors (Lipinski definition) is 6. The highest BCUT2D eigenvalue weighted by atomic mass is 35.5. The lowest BCUT2D eigenvalue weighted by molar-refractivity contribution is 0.0302. The van der Waals surface area contributed by atoms with Gasteiger partial charge in [-0.1, -0.05) is 24.3 Å². The third kappa shape index (κ3) is 6.17. The Labute approximate surface area is 199 Å². The fourth-order valence-electron chi connectivity index (χ4n) is 3.79. The van der Waals surface area contributed by atoms with Crippen LogP contribution in [0.4, 0.5) is 0 Å². The number of benzene rings is 1. The van der Waals surface area contributed by atoms with E-state index in [1.807, 2.05) is 12.1 Å². The van der Waals surface area contributed by atoms with Crippen molar-refractivity contribution >= 4 is 36.6 Å². The number of hydrogen-bond donors (Lipinski definition) is 3. The average molecular weight is 483 g/mol. The molecule has 1 fully saturated rings. The number of nitrogens with one attached hydrogen (secondary N) is 2. The number of fused-ring (bicyclic) bond motifs is 1. The van der Waals surface area contributed by atoms with Gasteiger partial charge in [0, 0.05) is 38.4 Å². The molecule has 1 unspecified atom stereocenters. The molecular weight excluding hydrogens is 455 g/mol. The van der Waals surface area contributed by atoms with E-state index in [0.29, 0.717) is 44.8 Å². The Hall–Kier alpha value is -2.23. The van der Waals surface area contributed by atoms with E-state index >= 15 is 0 Å². The molecule has 0 bridgehead atoms. The Kier molecular flexibility index (Phi) is 9.86. The molecule has 8 nitrogen and oxygen atoms in total. The molecule has 0 saturated carbocycles. The van der Waals surface area contributed by atoms with Gasteiger partial charge in [0.25, 0.3) is 11.8 Å². The van der Waals surface area contributed by atoms with Crippen molar-refractivity contribution in [3.63, 3.8) is 0 Å². The molecule has 2 atom stereocenters. The van der Waals surface area contributed by atoms with Crippen molar-refractivity contribution in [2.24, 2.45) is 0 Å². The van der Waals surface area contributed by atoms with E-state index < -0.39 is 6.10 Å². The van der Waals surface area contributed by atoms with Gasteiger partial charge in [-0.15, -0.1) is 24.8 Å². The number of nitrogens with zero attached hydrogens (tertiary/aromatic N) is 2. The average Bonchev–Trinajstić information content (AvgIpc) is 2.82. The molecule has 3 heterocycles. The lowest BCUT2D eigenvalue weighted by Crippen LogP contribution is -2.49. The molecule has 0 radical (unpaired) electrons. The first-order valence-corrected chi connectivity index (χ1v) is 10.2.